The smallest absolute Gasteiger partial charge is 0.106 e. The Morgan fingerprint density at radius 2 is 1.95 bits per heavy atom. The van der Waals surface area contributed by atoms with Gasteiger partial charge < -0.3 is 9.73 Å². The lowest BCUT2D eigenvalue weighted by atomic mass is 9.95. The zero-order chi connectivity index (χ0) is 15.4. The number of hydrogen-bond acceptors (Lipinski definition) is 2. The third kappa shape index (κ3) is 3.98. The van der Waals surface area contributed by atoms with Crippen molar-refractivity contribution in [2.45, 2.75) is 46.6 Å². The highest BCUT2D eigenvalue weighted by Gasteiger charge is 2.21. The maximum absolute atomic E-state index is 5.82. The molecule has 1 atom stereocenters. The molecule has 0 amide bonds. The minimum Gasteiger partial charge on any atom is -0.466 e. The van der Waals surface area contributed by atoms with E-state index in [2.05, 4.69) is 66.3 Å². The van der Waals surface area contributed by atoms with Crippen LogP contribution in [0.1, 0.15) is 47.6 Å². The molecule has 1 aromatic heterocycles. The molecule has 2 rings (SSSR count). The van der Waals surface area contributed by atoms with E-state index in [1.807, 2.05) is 6.92 Å². The van der Waals surface area contributed by atoms with Crippen LogP contribution in [0, 0.1) is 20.8 Å². The molecule has 114 valence electrons. The molecule has 1 N–H and O–H groups in total. The molecule has 0 radical (unpaired) electrons. The van der Waals surface area contributed by atoms with Gasteiger partial charge in [-0.05, 0) is 63.4 Å². The van der Waals surface area contributed by atoms with Crippen molar-refractivity contribution in [2.75, 3.05) is 6.54 Å². The summed E-state index contributed by atoms with van der Waals surface area (Å²) >= 11 is 3.56. The molecule has 0 saturated carbocycles. The van der Waals surface area contributed by atoms with E-state index < -0.39 is 0 Å². The van der Waals surface area contributed by atoms with Crippen molar-refractivity contribution in [3.8, 4) is 0 Å². The Kier molecular flexibility index (Phi) is 5.65. The second kappa shape index (κ2) is 7.28. The predicted molar refractivity (Wildman–Crippen MR) is 91.8 cm³/mol. The number of rotatable bonds is 6. The highest BCUT2D eigenvalue weighted by Crippen LogP contribution is 2.30. The third-order valence-corrected chi connectivity index (χ3v) is 4.43. The molecule has 2 nitrogen and oxygen atoms in total. The second-order valence-electron chi connectivity index (χ2n) is 5.59. The van der Waals surface area contributed by atoms with Crippen LogP contribution in [-0.4, -0.2) is 6.54 Å². The number of aryl methyl sites for hydroxylation is 2. The molecule has 1 unspecified atom stereocenters. The molecule has 1 heterocycles. The van der Waals surface area contributed by atoms with Crippen LogP contribution in [0.3, 0.4) is 0 Å². The summed E-state index contributed by atoms with van der Waals surface area (Å²) in [7, 11) is 0. The molecule has 0 aliphatic carbocycles. The first-order chi connectivity index (χ1) is 10.0. The molecular weight excluding hydrogens is 326 g/mol. The minimum atomic E-state index is 0.302. The van der Waals surface area contributed by atoms with Crippen molar-refractivity contribution in [3.05, 3.63) is 56.9 Å². The Morgan fingerprint density at radius 1 is 1.19 bits per heavy atom. The van der Waals surface area contributed by atoms with Gasteiger partial charge in [0.2, 0.25) is 0 Å². The molecule has 0 saturated heterocycles. The van der Waals surface area contributed by atoms with E-state index in [-0.39, 0.29) is 0 Å². The lowest BCUT2D eigenvalue weighted by molar-refractivity contribution is 0.480. The van der Waals surface area contributed by atoms with Crippen molar-refractivity contribution < 1.29 is 4.42 Å². The predicted octanol–water partition coefficient (Wildman–Crippen LogP) is 5.25. The van der Waals surface area contributed by atoms with Gasteiger partial charge in [-0.25, -0.2) is 0 Å². The van der Waals surface area contributed by atoms with E-state index in [1.165, 1.54) is 16.7 Å². The Bertz CT molecular complexity index is 603. The van der Waals surface area contributed by atoms with E-state index in [1.54, 1.807) is 0 Å². The summed E-state index contributed by atoms with van der Waals surface area (Å²) in [6.45, 7) is 9.48. The van der Waals surface area contributed by atoms with Gasteiger partial charge >= 0.3 is 0 Å². The van der Waals surface area contributed by atoms with Crippen LogP contribution < -0.4 is 5.32 Å². The quantitative estimate of drug-likeness (QED) is 0.770. The van der Waals surface area contributed by atoms with Crippen LogP contribution in [-0.2, 0) is 6.42 Å². The standard InChI is InChI=1S/C18H24BrNO/c1-5-9-20-17(11-15-7-6-8-16(19)10-15)18-12(2)13(3)21-14(18)4/h6-8,10,17,20H,5,9,11H2,1-4H3. The first kappa shape index (κ1) is 16.3. The Hall–Kier alpha value is -1.06. The van der Waals surface area contributed by atoms with Gasteiger partial charge in [-0.1, -0.05) is 35.0 Å². The summed E-state index contributed by atoms with van der Waals surface area (Å²) in [6.07, 6.45) is 2.10. The fourth-order valence-corrected chi connectivity index (χ4v) is 3.26. The average Bonchev–Trinajstić information content (AvgIpc) is 2.68. The summed E-state index contributed by atoms with van der Waals surface area (Å²) < 4.78 is 6.95. The zero-order valence-corrected chi connectivity index (χ0v) is 14.9. The normalized spacial score (nSPS) is 12.6. The summed E-state index contributed by atoms with van der Waals surface area (Å²) in [5.74, 6) is 2.06. The van der Waals surface area contributed by atoms with Crippen molar-refractivity contribution in [3.63, 3.8) is 0 Å². The SMILES string of the molecule is CCCNC(Cc1cccc(Br)c1)c1c(C)oc(C)c1C. The van der Waals surface area contributed by atoms with Crippen LogP contribution >= 0.6 is 15.9 Å². The Balaban J connectivity index is 2.29. The summed E-state index contributed by atoms with van der Waals surface area (Å²) in [6, 6.07) is 8.84. The lowest BCUT2D eigenvalue weighted by Gasteiger charge is -2.19. The van der Waals surface area contributed by atoms with Crippen LogP contribution in [0.4, 0.5) is 0 Å². The molecule has 0 fully saturated rings. The van der Waals surface area contributed by atoms with Crippen molar-refractivity contribution >= 4 is 15.9 Å². The summed E-state index contributed by atoms with van der Waals surface area (Å²) in [5, 5.41) is 3.67. The van der Waals surface area contributed by atoms with Gasteiger partial charge in [-0.3, -0.25) is 0 Å². The van der Waals surface area contributed by atoms with Crippen LogP contribution in [0.2, 0.25) is 0 Å². The first-order valence-electron chi connectivity index (χ1n) is 7.57. The summed E-state index contributed by atoms with van der Waals surface area (Å²) in [4.78, 5) is 0. The number of hydrogen-bond donors (Lipinski definition) is 1. The van der Waals surface area contributed by atoms with Crippen molar-refractivity contribution in [2.24, 2.45) is 0 Å². The van der Waals surface area contributed by atoms with Gasteiger partial charge in [0.25, 0.3) is 0 Å². The maximum Gasteiger partial charge on any atom is 0.106 e. The van der Waals surface area contributed by atoms with Gasteiger partial charge in [0.15, 0.2) is 0 Å². The molecule has 0 aliphatic rings. The molecule has 2 aromatic rings. The molecule has 0 aliphatic heterocycles. The van der Waals surface area contributed by atoms with Crippen LogP contribution in [0.25, 0.3) is 0 Å². The van der Waals surface area contributed by atoms with Crippen LogP contribution in [0.5, 0.6) is 0 Å². The Labute approximate surface area is 136 Å². The minimum absolute atomic E-state index is 0.302. The van der Waals surface area contributed by atoms with Gasteiger partial charge in [-0.15, -0.1) is 0 Å². The van der Waals surface area contributed by atoms with Crippen LogP contribution in [0.15, 0.2) is 33.2 Å². The second-order valence-corrected chi connectivity index (χ2v) is 6.51. The Morgan fingerprint density at radius 3 is 2.52 bits per heavy atom. The van der Waals surface area contributed by atoms with E-state index in [0.717, 1.165) is 35.4 Å². The fraction of sp³-hybridized carbons (Fsp3) is 0.444. The van der Waals surface area contributed by atoms with E-state index in [9.17, 15) is 0 Å². The molecule has 0 bridgehead atoms. The molecular formula is C18H24BrNO. The van der Waals surface area contributed by atoms with Gasteiger partial charge in [0.05, 0.1) is 0 Å². The fourth-order valence-electron chi connectivity index (χ4n) is 2.82. The van der Waals surface area contributed by atoms with E-state index in [4.69, 9.17) is 4.42 Å². The number of benzene rings is 1. The topological polar surface area (TPSA) is 25.2 Å². The third-order valence-electron chi connectivity index (χ3n) is 3.94. The van der Waals surface area contributed by atoms with E-state index in [0.29, 0.717) is 6.04 Å². The van der Waals surface area contributed by atoms with E-state index >= 15 is 0 Å². The zero-order valence-electron chi connectivity index (χ0n) is 13.3. The highest BCUT2D eigenvalue weighted by molar-refractivity contribution is 9.10. The number of halogens is 1. The van der Waals surface area contributed by atoms with Gasteiger partial charge in [-0.2, -0.15) is 0 Å². The molecule has 1 aromatic carbocycles. The number of furan rings is 1. The number of nitrogens with one attached hydrogen (secondary N) is 1. The largest absolute Gasteiger partial charge is 0.466 e. The average molecular weight is 350 g/mol. The molecule has 21 heavy (non-hydrogen) atoms. The van der Waals surface area contributed by atoms with Crippen molar-refractivity contribution in [1.82, 2.24) is 5.32 Å². The monoisotopic (exact) mass is 349 g/mol. The lowest BCUT2D eigenvalue weighted by Crippen LogP contribution is -2.25. The van der Waals surface area contributed by atoms with Gasteiger partial charge in [0, 0.05) is 16.1 Å². The first-order valence-corrected chi connectivity index (χ1v) is 8.36. The summed E-state index contributed by atoms with van der Waals surface area (Å²) in [5.41, 5.74) is 3.92. The maximum atomic E-state index is 5.82. The molecule has 0 spiro atoms. The van der Waals surface area contributed by atoms with Gasteiger partial charge in [0.1, 0.15) is 11.5 Å². The highest BCUT2D eigenvalue weighted by atomic mass is 79.9. The van der Waals surface area contributed by atoms with Crippen molar-refractivity contribution in [1.29, 1.82) is 0 Å². The molecule has 3 heteroatoms.